The molecule has 1 amide bonds. The van der Waals surface area contributed by atoms with Crippen molar-refractivity contribution in [2.24, 2.45) is 0 Å². The number of aromatic nitrogens is 2. The summed E-state index contributed by atoms with van der Waals surface area (Å²) in [6.45, 7) is 5.89. The second-order valence-electron chi connectivity index (χ2n) is 8.22. The molecule has 4 aromatic rings. The third kappa shape index (κ3) is 6.65. The summed E-state index contributed by atoms with van der Waals surface area (Å²) >= 11 is 7.77. The van der Waals surface area contributed by atoms with Gasteiger partial charge >= 0.3 is 0 Å². The van der Waals surface area contributed by atoms with Crippen LogP contribution in [0, 0.1) is 0 Å². The highest BCUT2D eigenvalue weighted by Gasteiger charge is 2.17. The Hall–Kier alpha value is -3.35. The molecular weight excluding hydrogens is 488 g/mol. The molecule has 0 atom stereocenters. The molecule has 0 spiro atoms. The highest BCUT2D eigenvalue weighted by Crippen LogP contribution is 2.25. The largest absolute Gasteiger partial charge is 0.357 e. The summed E-state index contributed by atoms with van der Waals surface area (Å²) in [7, 11) is 0. The lowest BCUT2D eigenvalue weighted by molar-refractivity contribution is 0.0943. The Morgan fingerprint density at radius 3 is 2.03 bits per heavy atom. The molecule has 1 N–H and O–H groups in total. The molecule has 3 aromatic carbocycles. The Morgan fingerprint density at radius 2 is 1.47 bits per heavy atom. The molecule has 184 valence electrons. The van der Waals surface area contributed by atoms with Crippen LogP contribution in [0.1, 0.15) is 46.9 Å². The fourth-order valence-corrected chi connectivity index (χ4v) is 4.96. The van der Waals surface area contributed by atoms with Crippen molar-refractivity contribution in [1.29, 1.82) is 0 Å². The van der Waals surface area contributed by atoms with E-state index in [0.29, 0.717) is 21.6 Å². The lowest BCUT2D eigenvalue weighted by Gasteiger charge is -2.20. The zero-order valence-electron chi connectivity index (χ0n) is 20.4. The van der Waals surface area contributed by atoms with Crippen LogP contribution in [0.3, 0.4) is 0 Å². The maximum Gasteiger partial charge on any atom is 0.252 e. The fraction of sp³-hybridized carbons (Fsp3) is 0.207. The smallest absolute Gasteiger partial charge is 0.252 e. The second-order valence-corrected chi connectivity index (χ2v) is 9.55. The van der Waals surface area contributed by atoms with E-state index in [-0.39, 0.29) is 11.9 Å². The molecule has 7 heteroatoms. The number of nitrogens with zero attached hydrogens (tertiary/aromatic N) is 3. The van der Waals surface area contributed by atoms with Crippen molar-refractivity contribution in [1.82, 2.24) is 15.3 Å². The van der Waals surface area contributed by atoms with Crippen LogP contribution in [0.5, 0.6) is 0 Å². The predicted octanol–water partition coefficient (Wildman–Crippen LogP) is 6.79. The lowest BCUT2D eigenvalue weighted by Crippen LogP contribution is -2.29. The van der Waals surface area contributed by atoms with Crippen molar-refractivity contribution in [3.05, 3.63) is 118 Å². The Balaban J connectivity index is 1.43. The molecule has 0 radical (unpaired) electrons. The summed E-state index contributed by atoms with van der Waals surface area (Å²) in [4.78, 5) is 24.3. The van der Waals surface area contributed by atoms with E-state index in [1.54, 1.807) is 6.07 Å². The number of halogens is 1. The van der Waals surface area contributed by atoms with Crippen LogP contribution in [0.4, 0.5) is 5.82 Å². The summed E-state index contributed by atoms with van der Waals surface area (Å²) in [6, 6.07) is 29.2. The molecule has 0 fully saturated rings. The average molecular weight is 517 g/mol. The summed E-state index contributed by atoms with van der Waals surface area (Å²) in [6.07, 6.45) is 0. The van der Waals surface area contributed by atoms with Gasteiger partial charge in [0, 0.05) is 30.5 Å². The van der Waals surface area contributed by atoms with Crippen LogP contribution >= 0.6 is 23.4 Å². The molecule has 1 aromatic heterocycles. The zero-order valence-corrected chi connectivity index (χ0v) is 22.0. The van der Waals surface area contributed by atoms with Gasteiger partial charge in [-0.3, -0.25) is 4.79 Å². The van der Waals surface area contributed by atoms with E-state index in [4.69, 9.17) is 11.6 Å². The first kappa shape index (κ1) is 25.7. The first-order chi connectivity index (χ1) is 17.6. The highest BCUT2D eigenvalue weighted by atomic mass is 35.5. The van der Waals surface area contributed by atoms with Crippen LogP contribution in [-0.4, -0.2) is 29.0 Å². The number of nitrogens with one attached hydrogen (secondary N) is 1. The summed E-state index contributed by atoms with van der Waals surface area (Å²) in [5.41, 5.74) is 3.77. The van der Waals surface area contributed by atoms with Crippen LogP contribution in [-0.2, 0) is 5.75 Å². The topological polar surface area (TPSA) is 58.1 Å². The Kier molecular flexibility index (Phi) is 8.98. The average Bonchev–Trinajstić information content (AvgIpc) is 2.92. The fourth-order valence-electron chi connectivity index (χ4n) is 3.92. The van der Waals surface area contributed by atoms with E-state index in [9.17, 15) is 4.79 Å². The van der Waals surface area contributed by atoms with Gasteiger partial charge in [0.15, 0.2) is 5.16 Å². The minimum Gasteiger partial charge on any atom is -0.357 e. The Bertz CT molecular complexity index is 1230. The maximum atomic E-state index is 13.1. The summed E-state index contributed by atoms with van der Waals surface area (Å²) in [5.74, 6) is 1.39. The molecule has 4 rings (SSSR count). The van der Waals surface area contributed by atoms with E-state index in [1.807, 2.05) is 84.9 Å². The van der Waals surface area contributed by atoms with Gasteiger partial charge in [-0.05, 0) is 42.7 Å². The minimum absolute atomic E-state index is 0.117. The molecule has 1 heterocycles. The first-order valence-corrected chi connectivity index (χ1v) is 13.4. The van der Waals surface area contributed by atoms with Crippen molar-refractivity contribution in [2.75, 3.05) is 18.0 Å². The molecule has 0 aliphatic rings. The monoisotopic (exact) mass is 516 g/mol. The van der Waals surface area contributed by atoms with E-state index >= 15 is 0 Å². The Morgan fingerprint density at radius 1 is 0.889 bits per heavy atom. The number of anilines is 1. The molecule has 0 bridgehead atoms. The number of thioether (sulfide) groups is 1. The minimum atomic E-state index is -0.227. The number of carbonyl (C=O) groups is 1. The van der Waals surface area contributed by atoms with Crippen LogP contribution in [0.15, 0.2) is 96.2 Å². The first-order valence-electron chi connectivity index (χ1n) is 12.0. The molecular formula is C29H29ClN4OS. The highest BCUT2D eigenvalue weighted by molar-refractivity contribution is 7.98. The summed E-state index contributed by atoms with van der Waals surface area (Å²) in [5, 5.41) is 4.27. The van der Waals surface area contributed by atoms with Crippen LogP contribution in [0.25, 0.3) is 0 Å². The number of carbonyl (C=O) groups excluding carboxylic acids is 1. The van der Waals surface area contributed by atoms with Gasteiger partial charge < -0.3 is 10.2 Å². The van der Waals surface area contributed by atoms with E-state index in [2.05, 4.69) is 34.0 Å². The van der Waals surface area contributed by atoms with Crippen LogP contribution < -0.4 is 10.2 Å². The molecule has 0 aliphatic heterocycles. The van der Waals surface area contributed by atoms with Crippen molar-refractivity contribution in [3.63, 3.8) is 0 Å². The number of amides is 1. The van der Waals surface area contributed by atoms with Gasteiger partial charge in [0.1, 0.15) is 11.0 Å². The van der Waals surface area contributed by atoms with Gasteiger partial charge in [0.05, 0.1) is 6.04 Å². The van der Waals surface area contributed by atoms with E-state index < -0.39 is 0 Å². The SMILES string of the molecule is CCN(CC)c1cc(Cl)nc(SCc2ccc(C(=O)NC(c3ccccc3)c3ccccc3)cc2)n1. The quantitative estimate of drug-likeness (QED) is 0.143. The molecule has 5 nitrogen and oxygen atoms in total. The molecule has 0 saturated heterocycles. The number of hydrogen-bond donors (Lipinski definition) is 1. The molecule has 36 heavy (non-hydrogen) atoms. The normalized spacial score (nSPS) is 10.9. The molecule has 0 unspecified atom stereocenters. The van der Waals surface area contributed by atoms with Gasteiger partial charge in [-0.25, -0.2) is 9.97 Å². The van der Waals surface area contributed by atoms with Crippen molar-refractivity contribution in [2.45, 2.75) is 30.8 Å². The third-order valence-electron chi connectivity index (χ3n) is 5.87. The molecule has 0 aliphatic carbocycles. The summed E-state index contributed by atoms with van der Waals surface area (Å²) < 4.78 is 0. The van der Waals surface area contributed by atoms with Gasteiger partial charge in [0.2, 0.25) is 0 Å². The van der Waals surface area contributed by atoms with Crippen molar-refractivity contribution < 1.29 is 4.79 Å². The zero-order chi connectivity index (χ0) is 25.3. The van der Waals surface area contributed by atoms with Gasteiger partial charge in [0.25, 0.3) is 5.91 Å². The molecule has 0 saturated carbocycles. The number of benzene rings is 3. The lowest BCUT2D eigenvalue weighted by atomic mass is 9.98. The van der Waals surface area contributed by atoms with E-state index in [1.165, 1.54) is 11.8 Å². The van der Waals surface area contributed by atoms with Gasteiger partial charge in [-0.2, -0.15) is 0 Å². The maximum absolute atomic E-state index is 13.1. The third-order valence-corrected chi connectivity index (χ3v) is 6.99. The Labute approximate surface area is 221 Å². The predicted molar refractivity (Wildman–Crippen MR) is 149 cm³/mol. The number of hydrogen-bond acceptors (Lipinski definition) is 5. The van der Waals surface area contributed by atoms with Crippen molar-refractivity contribution in [3.8, 4) is 0 Å². The standard InChI is InChI=1S/C29H29ClN4OS/c1-3-34(4-2)26-19-25(30)31-29(32-26)36-20-21-15-17-24(18-16-21)28(35)33-27(22-11-7-5-8-12-22)23-13-9-6-10-14-23/h5-19,27H,3-4,20H2,1-2H3,(H,33,35). The number of rotatable bonds is 10. The van der Waals surface area contributed by atoms with Gasteiger partial charge in [-0.15, -0.1) is 0 Å². The van der Waals surface area contributed by atoms with Crippen molar-refractivity contribution >= 4 is 35.1 Å². The second kappa shape index (κ2) is 12.6. The van der Waals surface area contributed by atoms with Crippen LogP contribution in [0.2, 0.25) is 5.15 Å². The van der Waals surface area contributed by atoms with Gasteiger partial charge in [-0.1, -0.05) is 96.2 Å². The van der Waals surface area contributed by atoms with E-state index in [0.717, 1.165) is 35.6 Å².